The van der Waals surface area contributed by atoms with E-state index in [1.165, 1.54) is 24.4 Å². The van der Waals surface area contributed by atoms with Crippen molar-refractivity contribution in [3.8, 4) is 0 Å². The zero-order valence-electron chi connectivity index (χ0n) is 12.4. The molecule has 22 heavy (non-hydrogen) atoms. The predicted molar refractivity (Wildman–Crippen MR) is 88.0 cm³/mol. The average Bonchev–Trinajstić information content (AvgIpc) is 3.17. The number of aromatic nitrogens is 4. The van der Waals surface area contributed by atoms with Gasteiger partial charge in [-0.15, -0.1) is 0 Å². The van der Waals surface area contributed by atoms with E-state index in [0.717, 1.165) is 40.9 Å². The molecule has 2 N–H and O–H groups in total. The van der Waals surface area contributed by atoms with E-state index in [9.17, 15) is 0 Å². The number of hydrogen-bond acceptors (Lipinski definition) is 6. The summed E-state index contributed by atoms with van der Waals surface area (Å²) in [6.07, 6.45) is 4.17. The normalized spacial score (nSPS) is 18.7. The van der Waals surface area contributed by atoms with E-state index in [1.807, 2.05) is 23.6 Å². The summed E-state index contributed by atoms with van der Waals surface area (Å²) in [6.45, 7) is 4.10. The zero-order chi connectivity index (χ0) is 14.9. The van der Waals surface area contributed by atoms with Gasteiger partial charge in [0, 0.05) is 24.6 Å². The van der Waals surface area contributed by atoms with Gasteiger partial charge in [-0.1, -0.05) is 0 Å². The summed E-state index contributed by atoms with van der Waals surface area (Å²) in [5, 5.41) is 12.3. The molecule has 1 unspecified atom stereocenters. The minimum atomic E-state index is 0.470. The van der Waals surface area contributed by atoms with Gasteiger partial charge in [0.25, 0.3) is 0 Å². The minimum absolute atomic E-state index is 0.470. The van der Waals surface area contributed by atoms with Gasteiger partial charge < -0.3 is 10.6 Å². The summed E-state index contributed by atoms with van der Waals surface area (Å²) in [5.41, 5.74) is 3.03. The molecule has 0 aliphatic carbocycles. The van der Waals surface area contributed by atoms with Crippen LogP contribution in [-0.4, -0.2) is 32.1 Å². The van der Waals surface area contributed by atoms with Crippen molar-refractivity contribution < 1.29 is 0 Å². The lowest BCUT2D eigenvalue weighted by Crippen LogP contribution is -2.29. The van der Waals surface area contributed by atoms with Crippen LogP contribution < -0.4 is 10.6 Å². The number of hydrogen-bond donors (Lipinski definition) is 2. The molecule has 3 aromatic rings. The van der Waals surface area contributed by atoms with Crippen LogP contribution >= 0.6 is 11.5 Å². The van der Waals surface area contributed by atoms with Crippen LogP contribution in [0.1, 0.15) is 30.1 Å². The first-order valence-corrected chi connectivity index (χ1v) is 8.33. The Morgan fingerprint density at radius 1 is 1.41 bits per heavy atom. The monoisotopic (exact) mass is 314 g/mol. The van der Waals surface area contributed by atoms with Crippen LogP contribution in [0, 0.1) is 6.92 Å². The topological polar surface area (TPSA) is 67.1 Å². The van der Waals surface area contributed by atoms with Crippen LogP contribution in [0.3, 0.4) is 0 Å². The number of anilines is 2. The fourth-order valence-electron chi connectivity index (χ4n) is 2.88. The van der Waals surface area contributed by atoms with Crippen molar-refractivity contribution in [3.05, 3.63) is 35.8 Å². The highest BCUT2D eigenvalue weighted by Gasteiger charge is 2.19. The third kappa shape index (κ3) is 2.57. The molecule has 4 rings (SSSR count). The van der Waals surface area contributed by atoms with E-state index in [4.69, 9.17) is 4.98 Å². The molecule has 0 bridgehead atoms. The molecule has 0 aromatic carbocycles. The lowest BCUT2D eigenvalue weighted by atomic mass is 9.96. The molecule has 114 valence electrons. The highest BCUT2D eigenvalue weighted by molar-refractivity contribution is 7.10. The highest BCUT2D eigenvalue weighted by atomic mass is 32.1. The number of nitrogens with one attached hydrogen (secondary N) is 2. The summed E-state index contributed by atoms with van der Waals surface area (Å²) in [5.74, 6) is 1.41. The van der Waals surface area contributed by atoms with E-state index >= 15 is 0 Å². The second-order valence-corrected chi connectivity index (χ2v) is 6.47. The maximum Gasteiger partial charge on any atom is 0.157 e. The molecule has 3 aromatic heterocycles. The molecule has 0 amide bonds. The van der Waals surface area contributed by atoms with Gasteiger partial charge in [0.1, 0.15) is 10.8 Å². The Bertz CT molecular complexity index is 786. The summed E-state index contributed by atoms with van der Waals surface area (Å²) < 4.78 is 6.16. The summed E-state index contributed by atoms with van der Waals surface area (Å²) in [6, 6.07) is 6.11. The summed E-state index contributed by atoms with van der Waals surface area (Å²) >= 11 is 1.46. The second-order valence-electron chi connectivity index (χ2n) is 5.67. The number of nitrogens with zero attached hydrogens (tertiary/aromatic N) is 4. The summed E-state index contributed by atoms with van der Waals surface area (Å²) in [4.78, 5) is 4.77. The van der Waals surface area contributed by atoms with Gasteiger partial charge in [0.15, 0.2) is 5.65 Å². The van der Waals surface area contributed by atoms with Gasteiger partial charge in [-0.25, -0.2) is 4.98 Å². The van der Waals surface area contributed by atoms with Gasteiger partial charge in [-0.05, 0) is 43.9 Å². The third-order valence-electron chi connectivity index (χ3n) is 3.97. The Kier molecular flexibility index (Phi) is 3.51. The van der Waals surface area contributed by atoms with Crippen LogP contribution in [0.25, 0.3) is 5.65 Å². The second kappa shape index (κ2) is 5.66. The van der Waals surface area contributed by atoms with Gasteiger partial charge in [0.2, 0.25) is 0 Å². The lowest BCUT2D eigenvalue weighted by molar-refractivity contribution is 0.455. The smallest absolute Gasteiger partial charge is 0.157 e. The highest BCUT2D eigenvalue weighted by Crippen LogP contribution is 2.27. The first-order valence-electron chi connectivity index (χ1n) is 7.55. The maximum atomic E-state index is 4.77. The quantitative estimate of drug-likeness (QED) is 0.778. The minimum Gasteiger partial charge on any atom is -0.331 e. The molecular formula is C15H18N6S. The van der Waals surface area contributed by atoms with Gasteiger partial charge in [-0.2, -0.15) is 14.0 Å². The van der Waals surface area contributed by atoms with Crippen molar-refractivity contribution in [1.29, 1.82) is 0 Å². The van der Waals surface area contributed by atoms with Gasteiger partial charge >= 0.3 is 0 Å². The summed E-state index contributed by atoms with van der Waals surface area (Å²) in [7, 11) is 0. The fraction of sp³-hybridized carbons (Fsp3) is 0.400. The SMILES string of the molecule is Cc1cc(Nc2cc(C3CCCNC3)nc3ccnn23)sn1. The molecule has 4 heterocycles. The molecule has 0 radical (unpaired) electrons. The Morgan fingerprint density at radius 3 is 3.14 bits per heavy atom. The first-order chi connectivity index (χ1) is 10.8. The molecule has 6 nitrogen and oxygen atoms in total. The molecule has 1 saturated heterocycles. The van der Waals surface area contributed by atoms with Crippen molar-refractivity contribution in [2.75, 3.05) is 18.4 Å². The van der Waals surface area contributed by atoms with Crippen molar-refractivity contribution in [2.24, 2.45) is 0 Å². The number of aryl methyl sites for hydroxylation is 1. The van der Waals surface area contributed by atoms with E-state index in [2.05, 4.69) is 26.2 Å². The fourth-order valence-corrected chi connectivity index (χ4v) is 3.55. The Balaban J connectivity index is 1.73. The Hall–Kier alpha value is -1.99. The van der Waals surface area contributed by atoms with Crippen molar-refractivity contribution in [3.63, 3.8) is 0 Å². The van der Waals surface area contributed by atoms with E-state index < -0.39 is 0 Å². The van der Waals surface area contributed by atoms with E-state index in [0.29, 0.717) is 5.92 Å². The largest absolute Gasteiger partial charge is 0.331 e. The molecular weight excluding hydrogens is 296 g/mol. The predicted octanol–water partition coefficient (Wildman–Crippen LogP) is 2.70. The van der Waals surface area contributed by atoms with Crippen molar-refractivity contribution >= 4 is 28.0 Å². The maximum absolute atomic E-state index is 4.77. The Labute approximate surface area is 132 Å². The zero-order valence-corrected chi connectivity index (χ0v) is 13.2. The molecule has 0 spiro atoms. The Morgan fingerprint density at radius 2 is 2.36 bits per heavy atom. The van der Waals surface area contributed by atoms with Crippen LogP contribution in [-0.2, 0) is 0 Å². The number of fused-ring (bicyclic) bond motifs is 1. The van der Waals surface area contributed by atoms with Crippen LogP contribution in [0.2, 0.25) is 0 Å². The van der Waals surface area contributed by atoms with Gasteiger partial charge in [-0.3, -0.25) is 0 Å². The van der Waals surface area contributed by atoms with E-state index in [-0.39, 0.29) is 0 Å². The number of rotatable bonds is 3. The standard InChI is InChI=1S/C15H18N6S/c1-10-7-15(22-20-10)19-14-8-12(11-3-2-5-16-9-11)18-13-4-6-17-21(13)14/h4,6-8,11,16,19H,2-3,5,9H2,1H3. The van der Waals surface area contributed by atoms with Crippen molar-refractivity contribution in [1.82, 2.24) is 24.3 Å². The molecule has 1 fully saturated rings. The molecule has 1 atom stereocenters. The van der Waals surface area contributed by atoms with Crippen LogP contribution in [0.4, 0.5) is 10.8 Å². The molecule has 1 aliphatic rings. The average molecular weight is 314 g/mol. The first kappa shape index (κ1) is 13.7. The lowest BCUT2D eigenvalue weighted by Gasteiger charge is -2.23. The van der Waals surface area contributed by atoms with Gasteiger partial charge in [0.05, 0.1) is 17.6 Å². The third-order valence-corrected chi connectivity index (χ3v) is 4.77. The molecule has 1 aliphatic heterocycles. The molecule has 0 saturated carbocycles. The molecule has 7 heteroatoms. The van der Waals surface area contributed by atoms with Crippen molar-refractivity contribution in [2.45, 2.75) is 25.7 Å². The van der Waals surface area contributed by atoms with Crippen LogP contribution in [0.5, 0.6) is 0 Å². The van der Waals surface area contributed by atoms with E-state index in [1.54, 1.807) is 6.20 Å². The van der Waals surface area contributed by atoms with Crippen LogP contribution in [0.15, 0.2) is 24.4 Å². The number of piperidine rings is 1.